The first-order chi connectivity index (χ1) is 41.8. The van der Waals surface area contributed by atoms with Crippen LogP contribution in [0.15, 0.2) is 97.3 Å². The number of benzene rings is 4. The normalized spacial score (nSPS) is 11.5. The molecule has 0 aliphatic rings. The fourth-order valence-electron chi connectivity index (χ4n) is 7.75. The van der Waals surface area contributed by atoms with E-state index in [1.165, 1.54) is 77.8 Å². The summed E-state index contributed by atoms with van der Waals surface area (Å²) >= 11 is 12.0. The summed E-state index contributed by atoms with van der Waals surface area (Å²) < 4.78 is 74.9. The Kier molecular flexibility index (Phi) is 29.9. The Morgan fingerprint density at radius 3 is 1.39 bits per heavy atom. The standard InChI is InChI=1S/C30H34ClF2N5O6.C24H24ClF2N3O3.C7H13NO4.CH4/c1-30(2,3)44-28(41)36-16-25(39)35-15-22(38(4)26(40)11-9-18-6-5-7-23(33)27(18)31)17-43-29(42)37-24-13-20-12-21(32)10-8-19(20)14-34-24;1-3-19(30(2)22(31)10-8-15-5-4-6-20(27)23(15)25)14-33-24(32)29-21-12-17-11-18(26)9-7-16(17)13-28-21;1-7(2,3)12-6(11)8-4-5(9)10;/h5-8,10,12-14,22H,9,11,15-17H2,1-4H3,(H,35,39)(H,36,41)(H,34,37,42);4-7,9,11-13,19H,3,8,10,14H2,1-2H3,(H,28,29,32);4H2,1-3H3,(H,8,11)(H,9,10);1H4/t22-;19-;;/m00../s1. The highest BCUT2D eigenvalue weighted by Gasteiger charge is 2.25. The Bertz CT molecular complexity index is 3470. The van der Waals surface area contributed by atoms with E-state index in [9.17, 15) is 55.9 Å². The highest BCUT2D eigenvalue weighted by Crippen LogP contribution is 2.24. The van der Waals surface area contributed by atoms with Gasteiger partial charge in [0.25, 0.3) is 0 Å². The number of aryl methyl sites for hydroxylation is 2. The van der Waals surface area contributed by atoms with E-state index in [2.05, 4.69) is 36.6 Å². The zero-order chi connectivity index (χ0) is 66.2. The molecule has 7 amide bonds. The number of fused-ring (bicyclic) bond motifs is 2. The van der Waals surface area contributed by atoms with E-state index < -0.39 is 89.9 Å². The lowest BCUT2D eigenvalue weighted by atomic mass is 10.1. The Balaban J connectivity index is 0.000000404. The molecule has 488 valence electrons. The molecule has 0 unspecified atom stereocenters. The van der Waals surface area contributed by atoms with Crippen molar-refractivity contribution in [3.8, 4) is 0 Å². The number of carboxylic acids is 1. The van der Waals surface area contributed by atoms with Gasteiger partial charge in [0.15, 0.2) is 0 Å². The summed E-state index contributed by atoms with van der Waals surface area (Å²) in [5.74, 6) is -3.86. The number of amides is 7. The Morgan fingerprint density at radius 1 is 0.567 bits per heavy atom. The molecular formula is C62H75Cl2F4N9O13. The highest BCUT2D eigenvalue weighted by molar-refractivity contribution is 6.31. The number of likely N-dealkylation sites (N-methyl/N-ethyl adjacent to an activating group) is 2. The molecule has 6 N–H and O–H groups in total. The van der Waals surface area contributed by atoms with Crippen LogP contribution in [-0.2, 0) is 51.0 Å². The van der Waals surface area contributed by atoms with Crippen molar-refractivity contribution in [3.05, 3.63) is 142 Å². The molecule has 0 saturated carbocycles. The van der Waals surface area contributed by atoms with E-state index in [-0.39, 0.29) is 85.9 Å². The molecule has 22 nitrogen and oxygen atoms in total. The zero-order valence-electron chi connectivity index (χ0n) is 50.4. The second-order valence-electron chi connectivity index (χ2n) is 21.6. The number of hydrogen-bond donors (Lipinski definition) is 6. The maximum Gasteiger partial charge on any atom is 0.412 e. The maximum absolute atomic E-state index is 13.8. The number of halogens is 6. The van der Waals surface area contributed by atoms with Gasteiger partial charge in [-0.15, -0.1) is 0 Å². The number of nitrogens with one attached hydrogen (secondary N) is 5. The van der Waals surface area contributed by atoms with Crippen molar-refractivity contribution in [2.24, 2.45) is 0 Å². The van der Waals surface area contributed by atoms with E-state index in [4.69, 9.17) is 47.3 Å². The number of ether oxygens (including phenoxy) is 4. The van der Waals surface area contributed by atoms with Crippen molar-refractivity contribution >= 4 is 104 Å². The van der Waals surface area contributed by atoms with Crippen LogP contribution in [0.3, 0.4) is 0 Å². The molecule has 90 heavy (non-hydrogen) atoms. The molecule has 2 aromatic heterocycles. The van der Waals surface area contributed by atoms with Crippen molar-refractivity contribution < 1.29 is 80.0 Å². The van der Waals surface area contributed by atoms with Crippen LogP contribution in [0.1, 0.15) is 86.3 Å². The monoisotopic (exact) mass is 1300 g/mol. The summed E-state index contributed by atoms with van der Waals surface area (Å²) in [6.45, 7) is 10.7. The molecule has 4 aromatic carbocycles. The number of aliphatic carboxylic acids is 1. The van der Waals surface area contributed by atoms with Gasteiger partial charge in [0, 0.05) is 56.6 Å². The first kappa shape index (κ1) is 75.2. The second-order valence-corrected chi connectivity index (χ2v) is 22.4. The summed E-state index contributed by atoms with van der Waals surface area (Å²) in [5.41, 5.74) is -0.335. The van der Waals surface area contributed by atoms with Crippen molar-refractivity contribution in [3.63, 3.8) is 0 Å². The topological polar surface area (TPSA) is 286 Å². The molecular weight excluding hydrogens is 1230 g/mol. The number of pyridine rings is 2. The first-order valence-electron chi connectivity index (χ1n) is 27.6. The first-order valence-corrected chi connectivity index (χ1v) is 28.3. The largest absolute Gasteiger partial charge is 0.480 e. The number of carboxylic acid groups (broad SMARTS) is 1. The minimum Gasteiger partial charge on any atom is -0.480 e. The number of nitrogens with zero attached hydrogens (tertiary/aromatic N) is 4. The van der Waals surface area contributed by atoms with Gasteiger partial charge in [-0.1, -0.05) is 61.8 Å². The van der Waals surface area contributed by atoms with Gasteiger partial charge in [-0.3, -0.25) is 29.8 Å². The summed E-state index contributed by atoms with van der Waals surface area (Å²) in [7, 11) is 3.09. The van der Waals surface area contributed by atoms with Gasteiger partial charge in [0.2, 0.25) is 17.7 Å². The third-order valence-corrected chi connectivity index (χ3v) is 13.2. The number of aromatic nitrogens is 2. The Morgan fingerprint density at radius 2 is 0.978 bits per heavy atom. The fourth-order valence-corrected chi connectivity index (χ4v) is 8.19. The zero-order valence-corrected chi connectivity index (χ0v) is 51.9. The minimum absolute atomic E-state index is 0. The summed E-state index contributed by atoms with van der Waals surface area (Å²) in [4.78, 5) is 106. The Hall–Kier alpha value is -9.04. The van der Waals surface area contributed by atoms with Crippen LogP contribution >= 0.6 is 23.2 Å². The average molecular weight is 1300 g/mol. The molecule has 28 heteroatoms. The lowest BCUT2D eigenvalue weighted by Crippen LogP contribution is -2.49. The number of carbonyl (C=O) groups is 8. The number of hydrogen-bond acceptors (Lipinski definition) is 14. The molecule has 0 bridgehead atoms. The van der Waals surface area contributed by atoms with Crippen LogP contribution < -0.4 is 26.6 Å². The number of carbonyl (C=O) groups excluding carboxylic acids is 7. The maximum atomic E-state index is 13.8. The van der Waals surface area contributed by atoms with Crippen LogP contribution in [0, 0.1) is 23.3 Å². The smallest absolute Gasteiger partial charge is 0.412 e. The van der Waals surface area contributed by atoms with E-state index in [0.717, 1.165) is 5.39 Å². The Labute approximate surface area is 528 Å². The minimum atomic E-state index is -1.10. The van der Waals surface area contributed by atoms with Crippen LogP contribution in [-0.4, -0.2) is 143 Å². The lowest BCUT2D eigenvalue weighted by molar-refractivity contribution is -0.136. The fraction of sp³-hybridized carbons (Fsp3) is 0.387. The molecule has 2 atom stereocenters. The van der Waals surface area contributed by atoms with Crippen molar-refractivity contribution in [1.82, 2.24) is 35.7 Å². The third kappa shape index (κ3) is 26.7. The summed E-state index contributed by atoms with van der Waals surface area (Å²) in [6, 6.07) is 19.1. The molecule has 0 radical (unpaired) electrons. The van der Waals surface area contributed by atoms with Crippen LogP contribution in [0.2, 0.25) is 10.0 Å². The van der Waals surface area contributed by atoms with E-state index in [1.807, 2.05) is 6.92 Å². The summed E-state index contributed by atoms with van der Waals surface area (Å²) in [6.07, 6.45) is 0.953. The van der Waals surface area contributed by atoms with Crippen molar-refractivity contribution in [2.45, 2.75) is 111 Å². The van der Waals surface area contributed by atoms with Gasteiger partial charge in [0.1, 0.15) is 65.9 Å². The average Bonchev–Trinajstić information content (AvgIpc) is 1.41. The van der Waals surface area contributed by atoms with E-state index in [0.29, 0.717) is 40.1 Å². The SMILES string of the molecule is C.CC(C)(C)OC(=O)NCC(=O)O.CC[C@@H](COC(=O)Nc1cc2cc(F)ccc2cn1)N(C)C(=O)CCc1cccc(F)c1Cl.CN(C(=O)CCc1cccc(F)c1Cl)[C@@H](CNC(=O)CNC(=O)OC(C)(C)C)COC(=O)Nc1cc2cc(F)ccc2cn1. The molecule has 6 aromatic rings. The quantitative estimate of drug-likeness (QED) is 0.0288. The molecule has 0 aliphatic carbocycles. The van der Waals surface area contributed by atoms with E-state index in [1.54, 1.807) is 85.0 Å². The van der Waals surface area contributed by atoms with Crippen LogP contribution in [0.25, 0.3) is 21.5 Å². The van der Waals surface area contributed by atoms with Crippen molar-refractivity contribution in [1.29, 1.82) is 0 Å². The van der Waals surface area contributed by atoms with Gasteiger partial charge >= 0.3 is 30.3 Å². The van der Waals surface area contributed by atoms with Gasteiger partial charge < -0.3 is 49.8 Å². The molecule has 0 spiro atoms. The third-order valence-electron chi connectivity index (χ3n) is 12.4. The molecule has 0 aliphatic heterocycles. The number of rotatable bonds is 21. The number of anilines is 2. The van der Waals surface area contributed by atoms with E-state index >= 15 is 0 Å². The van der Waals surface area contributed by atoms with Gasteiger partial charge in [-0.25, -0.2) is 46.7 Å². The predicted molar refractivity (Wildman–Crippen MR) is 332 cm³/mol. The molecule has 6 rings (SSSR count). The molecule has 0 saturated heterocycles. The summed E-state index contributed by atoms with van der Waals surface area (Å²) in [5, 5.41) is 22.6. The number of alkyl carbamates (subject to hydrolysis) is 2. The van der Waals surface area contributed by atoms with Gasteiger partial charge in [-0.2, -0.15) is 0 Å². The second kappa shape index (κ2) is 35.8. The lowest BCUT2D eigenvalue weighted by Gasteiger charge is -2.28. The van der Waals surface area contributed by atoms with Crippen LogP contribution in [0.5, 0.6) is 0 Å². The van der Waals surface area contributed by atoms with Gasteiger partial charge in [-0.05, 0) is 143 Å². The highest BCUT2D eigenvalue weighted by atomic mass is 35.5. The molecule has 2 heterocycles. The van der Waals surface area contributed by atoms with Gasteiger partial charge in [0.05, 0.1) is 28.7 Å². The van der Waals surface area contributed by atoms with Crippen molar-refractivity contribution in [2.75, 3.05) is 57.6 Å². The predicted octanol–water partition coefficient (Wildman–Crippen LogP) is 11.6. The molecule has 0 fully saturated rings. The van der Waals surface area contributed by atoms with Crippen LogP contribution in [0.4, 0.5) is 48.4 Å².